The van der Waals surface area contributed by atoms with E-state index in [0.717, 1.165) is 12.5 Å². The lowest BCUT2D eigenvalue weighted by Crippen LogP contribution is -2.34. The SMILES string of the molecule is Cc1ccc(C2CC(C(C)(C)C)CCC2CN)cc1C. The molecule has 0 aliphatic heterocycles. The largest absolute Gasteiger partial charge is 0.330 e. The van der Waals surface area contributed by atoms with Gasteiger partial charge in [0, 0.05) is 0 Å². The fraction of sp³-hybridized carbons (Fsp3) is 0.684. The van der Waals surface area contributed by atoms with Crippen LogP contribution in [0, 0.1) is 31.1 Å². The average molecular weight is 273 g/mol. The highest BCUT2D eigenvalue weighted by Crippen LogP contribution is 2.46. The molecule has 3 atom stereocenters. The molecular formula is C19H31N. The first-order chi connectivity index (χ1) is 9.32. The topological polar surface area (TPSA) is 26.0 Å². The predicted octanol–water partition coefficient (Wildman–Crippen LogP) is 4.81. The van der Waals surface area contributed by atoms with Crippen molar-refractivity contribution >= 4 is 0 Å². The van der Waals surface area contributed by atoms with Gasteiger partial charge in [0.05, 0.1) is 0 Å². The molecule has 2 N–H and O–H groups in total. The first-order valence-corrected chi connectivity index (χ1v) is 8.10. The second-order valence-corrected chi connectivity index (χ2v) is 7.82. The van der Waals surface area contributed by atoms with Crippen molar-refractivity contribution in [2.75, 3.05) is 6.54 Å². The zero-order valence-electron chi connectivity index (χ0n) is 13.9. The number of benzene rings is 1. The number of aryl methyl sites for hydroxylation is 2. The van der Waals surface area contributed by atoms with Gasteiger partial charge in [-0.25, -0.2) is 0 Å². The van der Waals surface area contributed by atoms with Crippen molar-refractivity contribution in [2.45, 2.75) is 59.8 Å². The van der Waals surface area contributed by atoms with Crippen molar-refractivity contribution in [3.63, 3.8) is 0 Å². The molecule has 1 aliphatic rings. The molecule has 20 heavy (non-hydrogen) atoms. The van der Waals surface area contributed by atoms with Gasteiger partial charge in [0.15, 0.2) is 0 Å². The second kappa shape index (κ2) is 5.89. The van der Waals surface area contributed by atoms with Crippen LogP contribution in [0.1, 0.15) is 62.6 Å². The van der Waals surface area contributed by atoms with E-state index >= 15 is 0 Å². The Bertz CT molecular complexity index is 455. The third-order valence-corrected chi connectivity index (χ3v) is 5.48. The van der Waals surface area contributed by atoms with Crippen LogP contribution in [0.3, 0.4) is 0 Å². The summed E-state index contributed by atoms with van der Waals surface area (Å²) in [4.78, 5) is 0. The molecule has 0 aromatic heterocycles. The second-order valence-electron chi connectivity index (χ2n) is 7.82. The zero-order valence-corrected chi connectivity index (χ0v) is 13.9. The van der Waals surface area contributed by atoms with Crippen LogP contribution in [0.25, 0.3) is 0 Å². The minimum atomic E-state index is 0.414. The maximum atomic E-state index is 6.05. The third-order valence-electron chi connectivity index (χ3n) is 5.48. The van der Waals surface area contributed by atoms with Gasteiger partial charge in [-0.1, -0.05) is 39.0 Å². The molecule has 0 bridgehead atoms. The average Bonchev–Trinajstić information content (AvgIpc) is 2.40. The predicted molar refractivity (Wildman–Crippen MR) is 88.0 cm³/mol. The van der Waals surface area contributed by atoms with E-state index in [-0.39, 0.29) is 0 Å². The van der Waals surface area contributed by atoms with Crippen molar-refractivity contribution < 1.29 is 0 Å². The standard InChI is InChI=1S/C19H31N/c1-13-6-7-15(10-14(13)2)18-11-17(19(3,4)5)9-8-16(18)12-20/h6-7,10,16-18H,8-9,11-12,20H2,1-5H3. The van der Waals surface area contributed by atoms with Crippen molar-refractivity contribution in [3.8, 4) is 0 Å². The van der Waals surface area contributed by atoms with Gasteiger partial charge in [-0.2, -0.15) is 0 Å². The smallest absolute Gasteiger partial charge is 0.00430 e. The highest BCUT2D eigenvalue weighted by molar-refractivity contribution is 5.32. The number of rotatable bonds is 2. The maximum absolute atomic E-state index is 6.05. The fourth-order valence-electron chi connectivity index (χ4n) is 3.71. The normalized spacial score (nSPS) is 27.6. The van der Waals surface area contributed by atoms with E-state index in [1.807, 2.05) is 0 Å². The molecule has 1 aromatic carbocycles. The summed E-state index contributed by atoms with van der Waals surface area (Å²) in [5, 5.41) is 0. The van der Waals surface area contributed by atoms with Gasteiger partial charge in [-0.15, -0.1) is 0 Å². The molecule has 0 heterocycles. The summed E-state index contributed by atoms with van der Waals surface area (Å²) in [5.41, 5.74) is 10.8. The van der Waals surface area contributed by atoms with Crippen LogP contribution in [0.5, 0.6) is 0 Å². The van der Waals surface area contributed by atoms with Gasteiger partial charge in [0.2, 0.25) is 0 Å². The van der Waals surface area contributed by atoms with E-state index in [1.165, 1.54) is 36.0 Å². The Kier molecular flexibility index (Phi) is 4.59. The Morgan fingerprint density at radius 2 is 1.80 bits per heavy atom. The Morgan fingerprint density at radius 1 is 1.10 bits per heavy atom. The van der Waals surface area contributed by atoms with Crippen LogP contribution in [0.2, 0.25) is 0 Å². The van der Waals surface area contributed by atoms with Gasteiger partial charge in [0.25, 0.3) is 0 Å². The summed E-state index contributed by atoms with van der Waals surface area (Å²) in [6, 6.07) is 7.01. The van der Waals surface area contributed by atoms with Crippen LogP contribution in [-0.2, 0) is 0 Å². The van der Waals surface area contributed by atoms with Gasteiger partial charge in [-0.3, -0.25) is 0 Å². The van der Waals surface area contributed by atoms with E-state index in [0.29, 0.717) is 17.3 Å². The van der Waals surface area contributed by atoms with Crippen molar-refractivity contribution in [1.29, 1.82) is 0 Å². The number of hydrogen-bond acceptors (Lipinski definition) is 1. The lowest BCUT2D eigenvalue weighted by atomic mass is 9.64. The van der Waals surface area contributed by atoms with E-state index in [9.17, 15) is 0 Å². The van der Waals surface area contributed by atoms with Crippen molar-refractivity contribution in [2.24, 2.45) is 23.0 Å². The number of hydrogen-bond donors (Lipinski definition) is 1. The minimum Gasteiger partial charge on any atom is -0.330 e. The first kappa shape index (κ1) is 15.6. The molecule has 0 amide bonds. The Hall–Kier alpha value is -0.820. The van der Waals surface area contributed by atoms with Gasteiger partial charge in [-0.05, 0) is 79.5 Å². The molecule has 1 saturated carbocycles. The third kappa shape index (κ3) is 3.25. The van der Waals surface area contributed by atoms with Crippen LogP contribution < -0.4 is 5.73 Å². The van der Waals surface area contributed by atoms with Crippen molar-refractivity contribution in [1.82, 2.24) is 0 Å². The van der Waals surface area contributed by atoms with Crippen LogP contribution in [0.15, 0.2) is 18.2 Å². The zero-order chi connectivity index (χ0) is 14.9. The molecule has 1 heteroatoms. The molecule has 1 aromatic rings. The minimum absolute atomic E-state index is 0.414. The maximum Gasteiger partial charge on any atom is -0.00430 e. The Balaban J connectivity index is 2.27. The monoisotopic (exact) mass is 273 g/mol. The van der Waals surface area contributed by atoms with Gasteiger partial charge >= 0.3 is 0 Å². The highest BCUT2D eigenvalue weighted by atomic mass is 14.6. The molecule has 0 spiro atoms. The van der Waals surface area contributed by atoms with E-state index < -0.39 is 0 Å². The van der Waals surface area contributed by atoms with Crippen LogP contribution in [-0.4, -0.2) is 6.54 Å². The van der Waals surface area contributed by atoms with Crippen LogP contribution >= 0.6 is 0 Å². The summed E-state index contributed by atoms with van der Waals surface area (Å²) >= 11 is 0. The molecule has 112 valence electrons. The molecule has 0 radical (unpaired) electrons. The summed E-state index contributed by atoms with van der Waals surface area (Å²) in [5.74, 6) is 2.13. The van der Waals surface area contributed by atoms with E-state index in [2.05, 4.69) is 52.8 Å². The Morgan fingerprint density at radius 3 is 2.35 bits per heavy atom. The summed E-state index contributed by atoms with van der Waals surface area (Å²) < 4.78 is 0. The quantitative estimate of drug-likeness (QED) is 0.822. The lowest BCUT2D eigenvalue weighted by molar-refractivity contribution is 0.133. The number of nitrogens with two attached hydrogens (primary N) is 1. The summed E-state index contributed by atoms with van der Waals surface area (Å²) in [6.07, 6.45) is 3.93. The highest BCUT2D eigenvalue weighted by Gasteiger charge is 2.35. The summed E-state index contributed by atoms with van der Waals surface area (Å²) in [6.45, 7) is 12.4. The van der Waals surface area contributed by atoms with Gasteiger partial charge < -0.3 is 5.73 Å². The van der Waals surface area contributed by atoms with Gasteiger partial charge in [0.1, 0.15) is 0 Å². The van der Waals surface area contributed by atoms with E-state index in [4.69, 9.17) is 5.73 Å². The molecule has 1 fully saturated rings. The molecule has 1 aliphatic carbocycles. The molecular weight excluding hydrogens is 242 g/mol. The van der Waals surface area contributed by atoms with Crippen molar-refractivity contribution in [3.05, 3.63) is 34.9 Å². The van der Waals surface area contributed by atoms with E-state index in [1.54, 1.807) is 0 Å². The fourth-order valence-corrected chi connectivity index (χ4v) is 3.71. The molecule has 3 unspecified atom stereocenters. The molecule has 2 rings (SSSR count). The Labute approximate surface area is 125 Å². The van der Waals surface area contributed by atoms with Crippen LogP contribution in [0.4, 0.5) is 0 Å². The lowest BCUT2D eigenvalue weighted by Gasteiger charge is -2.42. The first-order valence-electron chi connectivity index (χ1n) is 8.10. The molecule has 1 nitrogen and oxygen atoms in total. The molecule has 0 saturated heterocycles. The summed E-state index contributed by atoms with van der Waals surface area (Å²) in [7, 11) is 0.